The molecule has 2 heterocycles. The van der Waals surface area contributed by atoms with Crippen molar-refractivity contribution in [3.63, 3.8) is 0 Å². The first-order valence-corrected chi connectivity index (χ1v) is 5.25. The van der Waals surface area contributed by atoms with E-state index in [0.717, 1.165) is 17.3 Å². The predicted octanol–water partition coefficient (Wildman–Crippen LogP) is 1.09. The third kappa shape index (κ3) is 1.38. The Hall–Kier alpha value is -0.150. The van der Waals surface area contributed by atoms with Crippen LogP contribution in [0.3, 0.4) is 0 Å². The third-order valence-corrected chi connectivity index (χ3v) is 4.16. The maximum Gasteiger partial charge on any atom is 0.138 e. The summed E-state index contributed by atoms with van der Waals surface area (Å²) < 4.78 is 13.3. The lowest BCUT2D eigenvalue weighted by Gasteiger charge is -2.45. The smallest absolute Gasteiger partial charge is 0.138 e. The first-order chi connectivity index (χ1) is 6.16. The van der Waals surface area contributed by atoms with Gasteiger partial charge in [-0.15, -0.1) is 0 Å². The van der Waals surface area contributed by atoms with Crippen molar-refractivity contribution in [2.75, 3.05) is 20.3 Å². The van der Waals surface area contributed by atoms with E-state index in [-0.39, 0.29) is 12.8 Å². The molecule has 0 radical (unpaired) electrons. The molecule has 2 fully saturated rings. The molecule has 76 valence electrons. The number of hydrogen-bond donors (Lipinski definition) is 1. The minimum atomic E-state index is -0.223. The highest BCUT2D eigenvalue weighted by Gasteiger charge is 2.50. The quantitative estimate of drug-likeness (QED) is 0.643. The van der Waals surface area contributed by atoms with Crippen LogP contribution in [0.5, 0.6) is 0 Å². The molecule has 2 aliphatic heterocycles. The van der Waals surface area contributed by atoms with E-state index in [1.165, 1.54) is 12.8 Å². The molecule has 1 N–H and O–H groups in total. The highest BCUT2D eigenvalue weighted by Crippen LogP contribution is 2.40. The van der Waals surface area contributed by atoms with E-state index in [1.807, 2.05) is 0 Å². The van der Waals surface area contributed by atoms with Crippen LogP contribution in [0.2, 0.25) is 0 Å². The number of aliphatic hydroxyl groups excluding tert-OH is 1. The molecule has 4 atom stereocenters. The van der Waals surface area contributed by atoms with Gasteiger partial charge in [0.2, 0.25) is 0 Å². The van der Waals surface area contributed by atoms with E-state index in [4.69, 9.17) is 0 Å². The van der Waals surface area contributed by atoms with Crippen molar-refractivity contribution in [3.05, 3.63) is 0 Å². The van der Waals surface area contributed by atoms with Crippen LogP contribution >= 0.6 is 0 Å². The fourth-order valence-corrected chi connectivity index (χ4v) is 3.26. The Morgan fingerprint density at radius 2 is 1.85 bits per heavy atom. The van der Waals surface area contributed by atoms with E-state index in [9.17, 15) is 9.50 Å². The van der Waals surface area contributed by atoms with Crippen LogP contribution in [-0.2, 0) is 0 Å². The Labute approximate surface area is 78.9 Å². The van der Waals surface area contributed by atoms with Crippen molar-refractivity contribution < 1.29 is 14.0 Å². The average Bonchev–Trinajstić information content (AvgIpc) is 2.31. The summed E-state index contributed by atoms with van der Waals surface area (Å²) in [6, 6.07) is 1.04. The van der Waals surface area contributed by atoms with Crippen LogP contribution in [0.25, 0.3) is 0 Å². The van der Waals surface area contributed by atoms with E-state index in [0.29, 0.717) is 18.6 Å². The number of aliphatic hydroxyl groups is 1. The number of quaternary nitrogens is 1. The van der Waals surface area contributed by atoms with E-state index < -0.39 is 0 Å². The van der Waals surface area contributed by atoms with Crippen LogP contribution in [0.1, 0.15) is 25.7 Å². The van der Waals surface area contributed by atoms with Gasteiger partial charge in [-0.3, -0.25) is 0 Å². The lowest BCUT2D eigenvalue weighted by atomic mass is 9.97. The molecular formula is C10H19FNO+. The average molecular weight is 188 g/mol. The van der Waals surface area contributed by atoms with Gasteiger partial charge in [0.15, 0.2) is 0 Å². The van der Waals surface area contributed by atoms with Gasteiger partial charge in [0.05, 0.1) is 25.2 Å². The lowest BCUT2D eigenvalue weighted by Crippen LogP contribution is -2.59. The highest BCUT2D eigenvalue weighted by atomic mass is 19.1. The standard InChI is InChI=1S/C10H19FNO/c1-12(5-4-11)8-2-3-9(12)7-10(13)6-8/h8-10,13H,2-7H2,1H3/q+1/t8-,9+,10?,12?. The number of nitrogens with zero attached hydrogens (tertiary/aromatic N) is 1. The van der Waals surface area contributed by atoms with Crippen LogP contribution < -0.4 is 0 Å². The fourth-order valence-electron chi connectivity index (χ4n) is 3.26. The molecule has 0 aromatic rings. The van der Waals surface area contributed by atoms with Gasteiger partial charge in [-0.25, -0.2) is 4.39 Å². The van der Waals surface area contributed by atoms with Crippen molar-refractivity contribution in [2.45, 2.75) is 43.9 Å². The predicted molar refractivity (Wildman–Crippen MR) is 49.1 cm³/mol. The Bertz CT molecular complexity index is 183. The second-order valence-corrected chi connectivity index (χ2v) is 4.77. The molecule has 2 bridgehead atoms. The number of piperidine rings is 1. The number of halogens is 1. The van der Waals surface area contributed by atoms with Gasteiger partial charge in [-0.2, -0.15) is 0 Å². The third-order valence-electron chi connectivity index (χ3n) is 4.16. The monoisotopic (exact) mass is 188 g/mol. The minimum Gasteiger partial charge on any atom is -0.393 e. The molecule has 13 heavy (non-hydrogen) atoms. The maximum atomic E-state index is 12.4. The Morgan fingerprint density at radius 3 is 2.31 bits per heavy atom. The van der Waals surface area contributed by atoms with Crippen molar-refractivity contribution in [1.29, 1.82) is 0 Å². The summed E-state index contributed by atoms with van der Waals surface area (Å²) in [4.78, 5) is 0. The van der Waals surface area contributed by atoms with Gasteiger partial charge >= 0.3 is 0 Å². The molecule has 2 saturated heterocycles. The zero-order valence-electron chi connectivity index (χ0n) is 8.25. The SMILES string of the molecule is C[N+]1(CCF)[C@@H]2CC[C@H]1CC(O)C2. The minimum absolute atomic E-state index is 0.122. The molecule has 2 aliphatic rings. The van der Waals surface area contributed by atoms with Crippen molar-refractivity contribution >= 4 is 0 Å². The topological polar surface area (TPSA) is 20.2 Å². The number of hydrogen-bond acceptors (Lipinski definition) is 1. The van der Waals surface area contributed by atoms with Gasteiger partial charge < -0.3 is 9.59 Å². The molecule has 0 spiro atoms. The second kappa shape index (κ2) is 3.21. The molecule has 2 rings (SSSR count). The molecule has 0 amide bonds. The molecule has 0 aromatic heterocycles. The van der Waals surface area contributed by atoms with Crippen LogP contribution in [0.4, 0.5) is 4.39 Å². The highest BCUT2D eigenvalue weighted by molar-refractivity contribution is 4.85. The number of fused-ring (bicyclic) bond motifs is 2. The summed E-state index contributed by atoms with van der Waals surface area (Å²) in [6.07, 6.45) is 4.00. The van der Waals surface area contributed by atoms with Gasteiger partial charge in [0.25, 0.3) is 0 Å². The zero-order valence-corrected chi connectivity index (χ0v) is 8.25. The van der Waals surface area contributed by atoms with E-state index >= 15 is 0 Å². The molecular weight excluding hydrogens is 169 g/mol. The fraction of sp³-hybridized carbons (Fsp3) is 1.00. The van der Waals surface area contributed by atoms with Crippen LogP contribution in [0.15, 0.2) is 0 Å². The van der Waals surface area contributed by atoms with Gasteiger partial charge in [-0.05, 0) is 0 Å². The first kappa shape index (κ1) is 9.41. The van der Waals surface area contributed by atoms with Gasteiger partial charge in [-0.1, -0.05) is 0 Å². The van der Waals surface area contributed by atoms with Crippen molar-refractivity contribution in [2.24, 2.45) is 0 Å². The largest absolute Gasteiger partial charge is 0.393 e. The summed E-state index contributed by atoms with van der Waals surface area (Å²) in [5, 5.41) is 9.59. The summed E-state index contributed by atoms with van der Waals surface area (Å²) in [7, 11) is 2.16. The van der Waals surface area contributed by atoms with Crippen LogP contribution in [-0.4, -0.2) is 48.0 Å². The van der Waals surface area contributed by atoms with Gasteiger partial charge in [0.1, 0.15) is 13.2 Å². The lowest BCUT2D eigenvalue weighted by molar-refractivity contribution is -0.949. The van der Waals surface area contributed by atoms with Crippen molar-refractivity contribution in [1.82, 2.24) is 0 Å². The molecule has 3 heteroatoms. The molecule has 2 nitrogen and oxygen atoms in total. The molecule has 0 saturated carbocycles. The number of rotatable bonds is 2. The normalized spacial score (nSPS) is 49.6. The first-order valence-electron chi connectivity index (χ1n) is 5.25. The van der Waals surface area contributed by atoms with Crippen molar-refractivity contribution in [3.8, 4) is 0 Å². The Kier molecular flexibility index (Phi) is 2.32. The summed E-state index contributed by atoms with van der Waals surface area (Å²) in [5.74, 6) is 0. The summed E-state index contributed by atoms with van der Waals surface area (Å²) in [5.41, 5.74) is 0. The summed E-state index contributed by atoms with van der Waals surface area (Å²) >= 11 is 0. The maximum absolute atomic E-state index is 12.4. The summed E-state index contributed by atoms with van der Waals surface area (Å²) in [6.45, 7) is 0.418. The Balaban J connectivity index is 2.13. The van der Waals surface area contributed by atoms with E-state index in [1.54, 1.807) is 0 Å². The Morgan fingerprint density at radius 1 is 1.31 bits per heavy atom. The van der Waals surface area contributed by atoms with E-state index in [2.05, 4.69) is 7.05 Å². The zero-order chi connectivity index (χ0) is 9.47. The molecule has 0 aromatic carbocycles. The van der Waals surface area contributed by atoms with Crippen LogP contribution in [0, 0.1) is 0 Å². The molecule has 0 aliphatic carbocycles. The molecule has 2 unspecified atom stereocenters. The second-order valence-electron chi connectivity index (χ2n) is 4.77. The van der Waals surface area contributed by atoms with Gasteiger partial charge in [0, 0.05) is 25.7 Å². The number of alkyl halides is 1.